The number of hydrogen-bond acceptors (Lipinski definition) is 1. The first-order valence-corrected chi connectivity index (χ1v) is 6.00. The van der Waals surface area contributed by atoms with E-state index in [4.69, 9.17) is 0 Å². The lowest BCUT2D eigenvalue weighted by Crippen LogP contribution is -2.15. The molecule has 0 aliphatic rings. The molecular weight excluding hydrogens is 224 g/mol. The second-order valence-electron chi connectivity index (χ2n) is 4.44. The van der Waals surface area contributed by atoms with Crippen LogP contribution in [0.2, 0.25) is 0 Å². The van der Waals surface area contributed by atoms with E-state index in [1.165, 1.54) is 0 Å². The van der Waals surface area contributed by atoms with Gasteiger partial charge >= 0.3 is 5.97 Å². The molecule has 1 atom stereocenters. The van der Waals surface area contributed by atoms with Crippen molar-refractivity contribution in [3.63, 3.8) is 0 Å². The van der Waals surface area contributed by atoms with Crippen LogP contribution in [0.5, 0.6) is 0 Å². The summed E-state index contributed by atoms with van der Waals surface area (Å²) >= 11 is 0. The van der Waals surface area contributed by atoms with Crippen molar-refractivity contribution in [1.29, 1.82) is 0 Å². The summed E-state index contributed by atoms with van der Waals surface area (Å²) in [6, 6.07) is 17.4. The van der Waals surface area contributed by atoms with E-state index < -0.39 is 11.9 Å². The molecule has 2 rings (SSSR count). The van der Waals surface area contributed by atoms with Crippen LogP contribution in [0.3, 0.4) is 0 Å². The standard InChI is InChI=1S/C16H16O2/c1-12-7-5-6-10-14(12)15(16(17)18)11-13-8-3-2-4-9-13/h2-10,15H,11H2,1H3,(H,17,18). The molecule has 0 saturated carbocycles. The van der Waals surface area contributed by atoms with Crippen molar-refractivity contribution < 1.29 is 9.90 Å². The molecule has 0 saturated heterocycles. The van der Waals surface area contributed by atoms with Gasteiger partial charge < -0.3 is 5.11 Å². The highest BCUT2D eigenvalue weighted by Crippen LogP contribution is 2.24. The summed E-state index contributed by atoms with van der Waals surface area (Å²) < 4.78 is 0. The van der Waals surface area contributed by atoms with Crippen LogP contribution in [-0.2, 0) is 11.2 Å². The predicted molar refractivity (Wildman–Crippen MR) is 71.7 cm³/mol. The zero-order chi connectivity index (χ0) is 13.0. The van der Waals surface area contributed by atoms with E-state index in [1.807, 2.05) is 61.5 Å². The van der Waals surface area contributed by atoms with Gasteiger partial charge in [0.15, 0.2) is 0 Å². The normalized spacial score (nSPS) is 12.1. The Labute approximate surface area is 107 Å². The van der Waals surface area contributed by atoms with E-state index in [1.54, 1.807) is 0 Å². The maximum absolute atomic E-state index is 11.5. The summed E-state index contributed by atoms with van der Waals surface area (Å²) in [5.41, 5.74) is 2.97. The second kappa shape index (κ2) is 5.50. The molecule has 1 N–H and O–H groups in total. The van der Waals surface area contributed by atoms with Gasteiger partial charge in [-0.3, -0.25) is 4.79 Å². The lowest BCUT2D eigenvalue weighted by Gasteiger charge is -2.15. The number of aliphatic carboxylic acids is 1. The minimum absolute atomic E-state index is 0.478. The Morgan fingerprint density at radius 2 is 1.67 bits per heavy atom. The number of hydrogen-bond donors (Lipinski definition) is 1. The quantitative estimate of drug-likeness (QED) is 0.889. The Morgan fingerprint density at radius 3 is 2.28 bits per heavy atom. The van der Waals surface area contributed by atoms with Crippen molar-refractivity contribution in [3.8, 4) is 0 Å². The summed E-state index contributed by atoms with van der Waals surface area (Å²) in [4.78, 5) is 11.5. The van der Waals surface area contributed by atoms with Crippen LogP contribution in [0.15, 0.2) is 54.6 Å². The zero-order valence-electron chi connectivity index (χ0n) is 10.3. The molecule has 0 amide bonds. The van der Waals surface area contributed by atoms with Gasteiger partial charge in [-0.15, -0.1) is 0 Å². The van der Waals surface area contributed by atoms with Gasteiger partial charge in [0.1, 0.15) is 0 Å². The molecule has 2 aromatic rings. The molecule has 0 aliphatic heterocycles. The number of benzene rings is 2. The van der Waals surface area contributed by atoms with Crippen LogP contribution in [0.1, 0.15) is 22.6 Å². The summed E-state index contributed by atoms with van der Waals surface area (Å²) in [5, 5.41) is 9.41. The third-order valence-corrected chi connectivity index (χ3v) is 3.14. The van der Waals surface area contributed by atoms with E-state index in [2.05, 4.69) is 0 Å². The SMILES string of the molecule is Cc1ccccc1C(Cc1ccccc1)C(=O)O. The van der Waals surface area contributed by atoms with E-state index in [9.17, 15) is 9.90 Å². The molecule has 0 aliphatic carbocycles. The molecule has 0 fully saturated rings. The molecule has 0 bridgehead atoms. The average Bonchev–Trinajstić information content (AvgIpc) is 2.38. The number of rotatable bonds is 4. The summed E-state index contributed by atoms with van der Waals surface area (Å²) in [6.07, 6.45) is 0.529. The van der Waals surface area contributed by atoms with Crippen molar-refractivity contribution in [2.45, 2.75) is 19.3 Å². The van der Waals surface area contributed by atoms with Gasteiger partial charge in [-0.2, -0.15) is 0 Å². The van der Waals surface area contributed by atoms with Crippen LogP contribution in [0.4, 0.5) is 0 Å². The first kappa shape index (κ1) is 12.4. The summed E-state index contributed by atoms with van der Waals surface area (Å²) in [5.74, 6) is -1.25. The Kier molecular flexibility index (Phi) is 3.78. The van der Waals surface area contributed by atoms with E-state index in [0.717, 1.165) is 16.7 Å². The van der Waals surface area contributed by atoms with E-state index in [-0.39, 0.29) is 0 Å². The molecule has 0 heterocycles. The molecule has 0 radical (unpaired) electrons. The van der Waals surface area contributed by atoms with Gasteiger partial charge in [-0.05, 0) is 30.0 Å². The topological polar surface area (TPSA) is 37.3 Å². The Hall–Kier alpha value is -2.09. The monoisotopic (exact) mass is 240 g/mol. The van der Waals surface area contributed by atoms with Crippen LogP contribution in [0, 0.1) is 6.92 Å². The van der Waals surface area contributed by atoms with E-state index >= 15 is 0 Å². The molecule has 2 heteroatoms. The fraction of sp³-hybridized carbons (Fsp3) is 0.188. The number of carboxylic acid groups (broad SMARTS) is 1. The zero-order valence-corrected chi connectivity index (χ0v) is 10.3. The van der Waals surface area contributed by atoms with Crippen molar-refractivity contribution in [1.82, 2.24) is 0 Å². The lowest BCUT2D eigenvalue weighted by atomic mass is 9.89. The predicted octanol–water partition coefficient (Wildman–Crippen LogP) is 3.41. The molecule has 0 spiro atoms. The maximum atomic E-state index is 11.5. The highest BCUT2D eigenvalue weighted by atomic mass is 16.4. The van der Waals surface area contributed by atoms with Crippen LogP contribution in [-0.4, -0.2) is 11.1 Å². The minimum Gasteiger partial charge on any atom is -0.481 e. The van der Waals surface area contributed by atoms with Gasteiger partial charge in [0, 0.05) is 0 Å². The molecule has 92 valence electrons. The average molecular weight is 240 g/mol. The highest BCUT2D eigenvalue weighted by molar-refractivity contribution is 5.77. The Morgan fingerprint density at radius 1 is 1.06 bits per heavy atom. The molecule has 2 aromatic carbocycles. The molecular formula is C16H16O2. The van der Waals surface area contributed by atoms with Crippen molar-refractivity contribution in [3.05, 3.63) is 71.3 Å². The Balaban J connectivity index is 2.30. The third-order valence-electron chi connectivity index (χ3n) is 3.14. The molecule has 1 unspecified atom stereocenters. The first-order valence-electron chi connectivity index (χ1n) is 6.00. The second-order valence-corrected chi connectivity index (χ2v) is 4.44. The summed E-state index contributed by atoms with van der Waals surface area (Å²) in [7, 11) is 0. The van der Waals surface area contributed by atoms with E-state index in [0.29, 0.717) is 6.42 Å². The van der Waals surface area contributed by atoms with Gasteiger partial charge in [0.2, 0.25) is 0 Å². The number of carbonyl (C=O) groups is 1. The molecule has 18 heavy (non-hydrogen) atoms. The van der Waals surface area contributed by atoms with Gasteiger partial charge in [-0.25, -0.2) is 0 Å². The van der Waals surface area contributed by atoms with Crippen molar-refractivity contribution in [2.75, 3.05) is 0 Å². The van der Waals surface area contributed by atoms with Crippen LogP contribution in [0.25, 0.3) is 0 Å². The maximum Gasteiger partial charge on any atom is 0.311 e. The fourth-order valence-electron chi connectivity index (χ4n) is 2.16. The smallest absolute Gasteiger partial charge is 0.311 e. The summed E-state index contributed by atoms with van der Waals surface area (Å²) in [6.45, 7) is 1.95. The Bertz CT molecular complexity index is 532. The van der Waals surface area contributed by atoms with Gasteiger partial charge in [0.25, 0.3) is 0 Å². The van der Waals surface area contributed by atoms with Crippen LogP contribution >= 0.6 is 0 Å². The minimum atomic E-state index is -0.770. The molecule has 2 nitrogen and oxygen atoms in total. The van der Waals surface area contributed by atoms with Gasteiger partial charge in [0.05, 0.1) is 5.92 Å². The number of carboxylic acids is 1. The van der Waals surface area contributed by atoms with Crippen LogP contribution < -0.4 is 0 Å². The largest absolute Gasteiger partial charge is 0.481 e. The first-order chi connectivity index (χ1) is 8.68. The highest BCUT2D eigenvalue weighted by Gasteiger charge is 2.21. The van der Waals surface area contributed by atoms with Crippen molar-refractivity contribution >= 4 is 5.97 Å². The third kappa shape index (κ3) is 2.77. The lowest BCUT2D eigenvalue weighted by molar-refractivity contribution is -0.138. The van der Waals surface area contributed by atoms with Crippen molar-refractivity contribution in [2.24, 2.45) is 0 Å². The number of aryl methyl sites for hydroxylation is 1. The fourth-order valence-corrected chi connectivity index (χ4v) is 2.16. The van der Waals surface area contributed by atoms with Gasteiger partial charge in [-0.1, -0.05) is 54.6 Å². The molecule has 0 aromatic heterocycles.